The van der Waals surface area contributed by atoms with E-state index >= 15 is 0 Å². The van der Waals surface area contributed by atoms with Crippen LogP contribution in [0.2, 0.25) is 5.02 Å². The van der Waals surface area contributed by atoms with E-state index < -0.39 is 0 Å². The molecule has 0 bridgehead atoms. The number of rotatable bonds is 3. The Morgan fingerprint density at radius 2 is 1.91 bits per heavy atom. The van der Waals surface area contributed by atoms with Crippen molar-refractivity contribution in [3.63, 3.8) is 0 Å². The first kappa shape index (κ1) is 16.4. The molecule has 2 nitrogen and oxygen atoms in total. The van der Waals surface area contributed by atoms with Crippen LogP contribution >= 0.6 is 11.6 Å². The minimum atomic E-state index is -0.100. The first-order valence-corrected chi connectivity index (χ1v) is 8.36. The lowest BCUT2D eigenvalue weighted by Gasteiger charge is -2.36. The molecule has 0 amide bonds. The zero-order chi connectivity index (χ0) is 16.4. The van der Waals surface area contributed by atoms with E-state index in [9.17, 15) is 0 Å². The predicted octanol–water partition coefficient (Wildman–Crippen LogP) is 5.49. The smallest absolute Gasteiger partial charge is 0.127 e. The number of ether oxygens (including phenoxy) is 2. The van der Waals surface area contributed by atoms with Gasteiger partial charge in [0.1, 0.15) is 5.75 Å². The van der Waals surface area contributed by atoms with Crippen molar-refractivity contribution in [3.8, 4) is 16.9 Å². The van der Waals surface area contributed by atoms with Gasteiger partial charge in [0.05, 0.1) is 12.7 Å². The molecule has 1 aliphatic heterocycles. The van der Waals surface area contributed by atoms with Gasteiger partial charge in [-0.05, 0) is 67.5 Å². The van der Waals surface area contributed by atoms with Crippen LogP contribution in [0.5, 0.6) is 5.75 Å². The van der Waals surface area contributed by atoms with Crippen molar-refractivity contribution in [1.29, 1.82) is 0 Å². The van der Waals surface area contributed by atoms with Gasteiger partial charge in [-0.15, -0.1) is 0 Å². The Balaban J connectivity index is 2.04. The normalized spacial score (nSPS) is 20.3. The van der Waals surface area contributed by atoms with Crippen molar-refractivity contribution in [2.24, 2.45) is 0 Å². The summed E-state index contributed by atoms with van der Waals surface area (Å²) in [5.74, 6) is 1.20. The fourth-order valence-corrected chi connectivity index (χ4v) is 3.42. The zero-order valence-corrected chi connectivity index (χ0v) is 14.6. The Bertz CT molecular complexity index is 677. The molecule has 0 N–H and O–H groups in total. The van der Waals surface area contributed by atoms with Crippen molar-refractivity contribution in [3.05, 3.63) is 53.1 Å². The summed E-state index contributed by atoms with van der Waals surface area (Å²) in [6.07, 6.45) is 1.99. The molecule has 23 heavy (non-hydrogen) atoms. The quantitative estimate of drug-likeness (QED) is 0.741. The van der Waals surface area contributed by atoms with Gasteiger partial charge in [0.2, 0.25) is 0 Å². The zero-order valence-electron chi connectivity index (χ0n) is 13.9. The van der Waals surface area contributed by atoms with Crippen molar-refractivity contribution in [2.45, 2.75) is 38.2 Å². The van der Waals surface area contributed by atoms with E-state index in [0.29, 0.717) is 5.92 Å². The largest absolute Gasteiger partial charge is 0.496 e. The maximum atomic E-state index is 6.03. The highest BCUT2D eigenvalue weighted by molar-refractivity contribution is 6.30. The maximum absolute atomic E-state index is 6.03. The minimum absolute atomic E-state index is 0.100. The van der Waals surface area contributed by atoms with Gasteiger partial charge < -0.3 is 9.47 Å². The second-order valence-corrected chi connectivity index (χ2v) is 7.10. The first-order valence-electron chi connectivity index (χ1n) is 7.98. The van der Waals surface area contributed by atoms with Gasteiger partial charge in [0.15, 0.2) is 0 Å². The molecule has 1 unspecified atom stereocenters. The lowest BCUT2D eigenvalue weighted by molar-refractivity contribution is -0.0592. The minimum Gasteiger partial charge on any atom is -0.496 e. The highest BCUT2D eigenvalue weighted by atomic mass is 35.5. The Morgan fingerprint density at radius 3 is 2.57 bits per heavy atom. The molecule has 2 aromatic rings. The molecule has 1 heterocycles. The fraction of sp³-hybridized carbons (Fsp3) is 0.400. The van der Waals surface area contributed by atoms with Gasteiger partial charge >= 0.3 is 0 Å². The van der Waals surface area contributed by atoms with E-state index in [-0.39, 0.29) is 5.60 Å². The SMILES string of the molecule is COc1[c]c(C2CCOC(C)(C)C2)c(-c2ccc(Cl)cc2)cc1. The summed E-state index contributed by atoms with van der Waals surface area (Å²) in [5, 5.41) is 0.750. The van der Waals surface area contributed by atoms with Gasteiger partial charge in [0.25, 0.3) is 0 Å². The molecular weight excluding hydrogens is 308 g/mol. The van der Waals surface area contributed by atoms with Crippen LogP contribution in [0.25, 0.3) is 11.1 Å². The third kappa shape index (κ3) is 3.70. The summed E-state index contributed by atoms with van der Waals surface area (Å²) >= 11 is 6.03. The molecule has 121 valence electrons. The molecule has 0 aliphatic carbocycles. The van der Waals surface area contributed by atoms with Gasteiger partial charge in [-0.1, -0.05) is 29.8 Å². The molecule has 0 spiro atoms. The van der Waals surface area contributed by atoms with Crippen LogP contribution < -0.4 is 4.74 Å². The monoisotopic (exact) mass is 329 g/mol. The van der Waals surface area contributed by atoms with Gasteiger partial charge in [-0.25, -0.2) is 0 Å². The molecule has 0 aromatic heterocycles. The highest BCUT2D eigenvalue weighted by Gasteiger charge is 2.31. The van der Waals surface area contributed by atoms with Gasteiger partial charge in [-0.3, -0.25) is 0 Å². The number of hydrogen-bond acceptors (Lipinski definition) is 2. The lowest BCUT2D eigenvalue weighted by atomic mass is 9.80. The summed E-state index contributed by atoms with van der Waals surface area (Å²) in [6, 6.07) is 15.5. The van der Waals surface area contributed by atoms with Crippen LogP contribution in [0.4, 0.5) is 0 Å². The highest BCUT2D eigenvalue weighted by Crippen LogP contribution is 2.41. The van der Waals surface area contributed by atoms with Crippen molar-refractivity contribution >= 4 is 11.6 Å². The number of halogens is 1. The number of hydrogen-bond donors (Lipinski definition) is 0. The summed E-state index contributed by atoms with van der Waals surface area (Å²) < 4.78 is 11.3. The van der Waals surface area contributed by atoms with Crippen molar-refractivity contribution in [2.75, 3.05) is 13.7 Å². The molecular formula is C20H22ClO2. The second kappa shape index (κ2) is 6.54. The third-order valence-electron chi connectivity index (χ3n) is 4.43. The standard InChI is InChI=1S/C20H22ClO2/c1-20(2)13-15(10-11-23-20)19-12-17(22-3)8-9-18(19)14-4-6-16(21)7-5-14/h4-9,15H,10-11,13H2,1-3H3. The second-order valence-electron chi connectivity index (χ2n) is 6.66. The molecule has 3 heteroatoms. The number of benzene rings is 2. The van der Waals surface area contributed by atoms with Crippen LogP contribution in [0.15, 0.2) is 36.4 Å². The average Bonchev–Trinajstić information content (AvgIpc) is 2.54. The molecule has 1 radical (unpaired) electrons. The van der Waals surface area contributed by atoms with E-state index in [0.717, 1.165) is 35.8 Å². The number of methoxy groups -OCH3 is 1. The maximum Gasteiger partial charge on any atom is 0.127 e. The molecule has 0 saturated carbocycles. The van der Waals surface area contributed by atoms with E-state index in [2.05, 4.69) is 38.1 Å². The first-order chi connectivity index (χ1) is 11.0. The Morgan fingerprint density at radius 1 is 1.17 bits per heavy atom. The summed E-state index contributed by atoms with van der Waals surface area (Å²) in [6.45, 7) is 5.09. The summed E-state index contributed by atoms with van der Waals surface area (Å²) in [5.41, 5.74) is 3.47. The Kier molecular flexibility index (Phi) is 4.65. The molecule has 3 rings (SSSR count). The summed E-state index contributed by atoms with van der Waals surface area (Å²) in [4.78, 5) is 0. The Hall–Kier alpha value is -1.51. The van der Waals surface area contributed by atoms with E-state index in [4.69, 9.17) is 21.1 Å². The van der Waals surface area contributed by atoms with Crippen LogP contribution in [0.3, 0.4) is 0 Å². The van der Waals surface area contributed by atoms with Crippen molar-refractivity contribution < 1.29 is 9.47 Å². The van der Waals surface area contributed by atoms with Gasteiger partial charge in [0, 0.05) is 17.7 Å². The lowest BCUT2D eigenvalue weighted by Crippen LogP contribution is -2.33. The van der Waals surface area contributed by atoms with E-state index in [1.54, 1.807) is 7.11 Å². The van der Waals surface area contributed by atoms with Crippen LogP contribution in [-0.2, 0) is 4.74 Å². The molecule has 2 aromatic carbocycles. The topological polar surface area (TPSA) is 18.5 Å². The fourth-order valence-electron chi connectivity index (χ4n) is 3.29. The van der Waals surface area contributed by atoms with E-state index in [1.807, 2.05) is 18.2 Å². The van der Waals surface area contributed by atoms with E-state index in [1.165, 1.54) is 11.1 Å². The molecule has 1 saturated heterocycles. The molecule has 1 fully saturated rings. The average molecular weight is 330 g/mol. The van der Waals surface area contributed by atoms with Crippen LogP contribution in [0.1, 0.15) is 38.2 Å². The third-order valence-corrected chi connectivity index (χ3v) is 4.68. The Labute approximate surface area is 143 Å². The van der Waals surface area contributed by atoms with Crippen molar-refractivity contribution in [1.82, 2.24) is 0 Å². The van der Waals surface area contributed by atoms with Crippen LogP contribution in [0, 0.1) is 6.07 Å². The van der Waals surface area contributed by atoms with Gasteiger partial charge in [-0.2, -0.15) is 0 Å². The summed E-state index contributed by atoms with van der Waals surface area (Å²) in [7, 11) is 1.69. The van der Waals surface area contributed by atoms with Crippen LogP contribution in [-0.4, -0.2) is 19.3 Å². The molecule has 1 aliphatic rings. The predicted molar refractivity (Wildman–Crippen MR) is 94.3 cm³/mol. The molecule has 1 atom stereocenters.